The van der Waals surface area contributed by atoms with Crippen molar-refractivity contribution in [2.24, 2.45) is 0 Å². The molecule has 0 amide bonds. The maximum absolute atomic E-state index is 5.52. The van der Waals surface area contributed by atoms with Crippen molar-refractivity contribution in [3.05, 3.63) is 60.7 Å². The Morgan fingerprint density at radius 1 is 0.931 bits per heavy atom. The lowest BCUT2D eigenvalue weighted by Gasteiger charge is -2.11. The molecule has 6 heteroatoms. The van der Waals surface area contributed by atoms with E-state index in [1.54, 1.807) is 35.7 Å². The lowest BCUT2D eigenvalue weighted by atomic mass is 10.1. The number of fused-ring (bicyclic) bond motifs is 1. The molecule has 1 aliphatic rings. The van der Waals surface area contributed by atoms with E-state index in [-0.39, 0.29) is 0 Å². The zero-order valence-electron chi connectivity index (χ0n) is 16.8. The fourth-order valence-corrected chi connectivity index (χ4v) is 4.88. The highest BCUT2D eigenvalue weighted by Gasteiger charge is 2.19. The van der Waals surface area contributed by atoms with Crippen molar-refractivity contribution in [1.82, 2.24) is 9.97 Å². The van der Waals surface area contributed by atoms with E-state index in [0.717, 1.165) is 45.8 Å². The van der Waals surface area contributed by atoms with E-state index in [2.05, 4.69) is 25.3 Å². The van der Waals surface area contributed by atoms with E-state index in [4.69, 9.17) is 19.4 Å². The summed E-state index contributed by atoms with van der Waals surface area (Å²) in [5.41, 5.74) is 4.72. The summed E-state index contributed by atoms with van der Waals surface area (Å²) in [6.45, 7) is 9.92. The first-order valence-corrected chi connectivity index (χ1v) is 11.9. The highest BCUT2D eigenvalue weighted by molar-refractivity contribution is 7.99. The summed E-state index contributed by atoms with van der Waals surface area (Å²) in [5, 5.41) is 2.13. The minimum atomic E-state index is 0.589. The smallest absolute Gasteiger partial charge is 0.100 e. The van der Waals surface area contributed by atoms with E-state index < -0.39 is 0 Å². The summed E-state index contributed by atoms with van der Waals surface area (Å²) in [7, 11) is 0. The first kappa shape index (κ1) is 22.1. The Morgan fingerprint density at radius 3 is 2.45 bits per heavy atom. The molecule has 2 aromatic heterocycles. The predicted octanol–water partition coefficient (Wildman–Crippen LogP) is 5.22. The normalized spacial score (nSPS) is 12.7. The van der Waals surface area contributed by atoms with Crippen molar-refractivity contribution in [1.29, 1.82) is 0 Å². The topological polar surface area (TPSA) is 44.2 Å². The zero-order valence-corrected chi connectivity index (χ0v) is 18.4. The third kappa shape index (κ3) is 6.71. The number of rotatable bonds is 13. The number of hydrogen-bond donors (Lipinski definition) is 0. The minimum Gasteiger partial charge on any atom is -0.377 e. The molecular weight excluding hydrogens is 400 g/mol. The van der Waals surface area contributed by atoms with Gasteiger partial charge in [-0.05, 0) is 48.6 Å². The molecule has 0 atom stereocenters. The van der Waals surface area contributed by atoms with Gasteiger partial charge in [0.1, 0.15) is 5.03 Å². The molecule has 0 N–H and O–H groups in total. The predicted molar refractivity (Wildman–Crippen MR) is 123 cm³/mol. The molecule has 0 radical (unpaired) electrons. The van der Waals surface area contributed by atoms with Gasteiger partial charge in [0.2, 0.25) is 0 Å². The Bertz CT molecular complexity index is 827. The van der Waals surface area contributed by atoms with Gasteiger partial charge >= 0.3 is 0 Å². The number of ether oxygens (including phenoxy) is 2. The van der Waals surface area contributed by atoms with Gasteiger partial charge < -0.3 is 9.47 Å². The third-order valence-corrected chi connectivity index (χ3v) is 6.33. The Morgan fingerprint density at radius 2 is 1.69 bits per heavy atom. The Labute approximate surface area is 182 Å². The van der Waals surface area contributed by atoms with E-state index in [9.17, 15) is 0 Å². The molecule has 0 bridgehead atoms. The summed E-state index contributed by atoms with van der Waals surface area (Å²) in [4.78, 5) is 9.80. The van der Waals surface area contributed by atoms with Gasteiger partial charge in [0.15, 0.2) is 0 Å². The average molecular weight is 429 g/mol. The number of aryl methyl sites for hydroxylation is 1. The molecule has 0 saturated heterocycles. The van der Waals surface area contributed by atoms with Gasteiger partial charge in [0, 0.05) is 11.5 Å². The van der Waals surface area contributed by atoms with Crippen molar-refractivity contribution in [3.63, 3.8) is 0 Å². The lowest BCUT2D eigenvalue weighted by Crippen LogP contribution is -2.01. The van der Waals surface area contributed by atoms with Gasteiger partial charge in [0.05, 0.1) is 42.8 Å². The highest BCUT2D eigenvalue weighted by atomic mass is 32.2. The molecule has 3 rings (SSSR count). The van der Waals surface area contributed by atoms with Crippen LogP contribution in [0.1, 0.15) is 17.5 Å². The molecule has 0 aliphatic heterocycles. The maximum atomic E-state index is 5.52. The van der Waals surface area contributed by atoms with Crippen LogP contribution in [0, 0.1) is 0 Å². The summed E-state index contributed by atoms with van der Waals surface area (Å²) < 4.78 is 11.0. The van der Waals surface area contributed by atoms with Crippen LogP contribution in [0.15, 0.2) is 59.6 Å². The number of hydrogen-bond acceptors (Lipinski definition) is 6. The van der Waals surface area contributed by atoms with Crippen LogP contribution in [0.5, 0.6) is 0 Å². The SMILES string of the molecule is C=CCOCCSc1cccc(-c2cc3c(c(SCCOCC=C)n2)CCC3)n1. The lowest BCUT2D eigenvalue weighted by molar-refractivity contribution is 0.180. The molecule has 0 aromatic carbocycles. The third-order valence-electron chi connectivity index (χ3n) is 4.45. The van der Waals surface area contributed by atoms with Crippen LogP contribution in [-0.4, -0.2) is 47.9 Å². The van der Waals surface area contributed by atoms with Crippen molar-refractivity contribution in [3.8, 4) is 11.4 Å². The van der Waals surface area contributed by atoms with Crippen molar-refractivity contribution in [2.75, 3.05) is 37.9 Å². The largest absolute Gasteiger partial charge is 0.377 e. The zero-order chi connectivity index (χ0) is 20.3. The summed E-state index contributed by atoms with van der Waals surface area (Å²) in [6.07, 6.45) is 7.00. The molecule has 2 aromatic rings. The summed E-state index contributed by atoms with van der Waals surface area (Å²) in [5.74, 6) is 1.76. The van der Waals surface area contributed by atoms with E-state index in [1.807, 2.05) is 12.1 Å². The first-order chi connectivity index (χ1) is 14.3. The van der Waals surface area contributed by atoms with Gasteiger partial charge in [-0.25, -0.2) is 9.97 Å². The van der Waals surface area contributed by atoms with Crippen LogP contribution in [0.4, 0.5) is 0 Å². The standard InChI is InChI=1S/C23H28N2O2S2/c1-3-11-26-13-15-28-22-10-6-9-20(24-22)21-17-18-7-5-8-19(18)23(25-21)29-16-14-27-12-4-2/h3-4,6,9-10,17H,1-2,5,7-8,11-16H2. The molecule has 1 aliphatic carbocycles. The number of thioether (sulfide) groups is 2. The molecule has 0 fully saturated rings. The van der Waals surface area contributed by atoms with Crippen LogP contribution in [-0.2, 0) is 22.3 Å². The molecule has 0 spiro atoms. The Kier molecular flexibility index (Phi) is 9.28. The Hall–Kier alpha value is -1.60. The van der Waals surface area contributed by atoms with Gasteiger partial charge in [-0.1, -0.05) is 18.2 Å². The second-order valence-corrected chi connectivity index (χ2v) is 8.79. The number of nitrogens with zero attached hydrogens (tertiary/aromatic N) is 2. The van der Waals surface area contributed by atoms with Crippen LogP contribution >= 0.6 is 23.5 Å². The van der Waals surface area contributed by atoms with Crippen molar-refractivity contribution >= 4 is 23.5 Å². The second-order valence-electron chi connectivity index (χ2n) is 6.59. The van der Waals surface area contributed by atoms with Crippen molar-refractivity contribution in [2.45, 2.75) is 29.3 Å². The van der Waals surface area contributed by atoms with E-state index in [0.29, 0.717) is 26.4 Å². The van der Waals surface area contributed by atoms with Crippen LogP contribution < -0.4 is 0 Å². The number of aromatic nitrogens is 2. The average Bonchev–Trinajstić information content (AvgIpc) is 3.22. The molecule has 4 nitrogen and oxygen atoms in total. The van der Waals surface area contributed by atoms with E-state index in [1.165, 1.54) is 17.5 Å². The highest BCUT2D eigenvalue weighted by Crippen LogP contribution is 2.34. The van der Waals surface area contributed by atoms with Crippen molar-refractivity contribution < 1.29 is 9.47 Å². The minimum absolute atomic E-state index is 0.589. The van der Waals surface area contributed by atoms with Crippen LogP contribution in [0.3, 0.4) is 0 Å². The van der Waals surface area contributed by atoms with Crippen LogP contribution in [0.25, 0.3) is 11.4 Å². The van der Waals surface area contributed by atoms with Gasteiger partial charge in [-0.3, -0.25) is 0 Å². The second kappa shape index (κ2) is 12.2. The molecule has 29 heavy (non-hydrogen) atoms. The molecule has 0 saturated carbocycles. The van der Waals surface area contributed by atoms with Gasteiger partial charge in [-0.15, -0.1) is 36.7 Å². The van der Waals surface area contributed by atoms with Gasteiger partial charge in [0.25, 0.3) is 0 Å². The first-order valence-electron chi connectivity index (χ1n) is 9.95. The van der Waals surface area contributed by atoms with E-state index >= 15 is 0 Å². The fourth-order valence-electron chi connectivity index (χ4n) is 3.17. The quantitative estimate of drug-likeness (QED) is 0.248. The number of pyridine rings is 2. The molecule has 0 unspecified atom stereocenters. The molecule has 2 heterocycles. The monoisotopic (exact) mass is 428 g/mol. The molecular formula is C23H28N2O2S2. The fraction of sp³-hybridized carbons (Fsp3) is 0.391. The van der Waals surface area contributed by atoms with Crippen LogP contribution in [0.2, 0.25) is 0 Å². The maximum Gasteiger partial charge on any atom is 0.100 e. The van der Waals surface area contributed by atoms with Gasteiger partial charge in [-0.2, -0.15) is 0 Å². The summed E-state index contributed by atoms with van der Waals surface area (Å²) in [6, 6.07) is 8.37. The Balaban J connectivity index is 1.69. The summed E-state index contributed by atoms with van der Waals surface area (Å²) >= 11 is 3.49. The molecule has 154 valence electrons.